The van der Waals surface area contributed by atoms with E-state index < -0.39 is 24.2 Å². The van der Waals surface area contributed by atoms with Gasteiger partial charge in [-0.05, 0) is 63.8 Å². The number of hydrogen-bond donors (Lipinski definition) is 2. The zero-order valence-corrected chi connectivity index (χ0v) is 23.8. The number of aromatic nitrogens is 1. The van der Waals surface area contributed by atoms with Gasteiger partial charge in [0.05, 0.1) is 12.2 Å². The largest absolute Gasteiger partial charge is 0.487 e. The van der Waals surface area contributed by atoms with Gasteiger partial charge in [0.15, 0.2) is 17.1 Å². The molecule has 3 atom stereocenters. The van der Waals surface area contributed by atoms with Crippen LogP contribution in [0.4, 0.5) is 19.0 Å². The molecular formula is C28H34ClF3N4O5. The molecule has 0 unspecified atom stereocenters. The van der Waals surface area contributed by atoms with E-state index in [1.54, 1.807) is 45.2 Å². The van der Waals surface area contributed by atoms with Gasteiger partial charge in [-0.1, -0.05) is 11.6 Å². The van der Waals surface area contributed by atoms with E-state index in [-0.39, 0.29) is 29.6 Å². The number of piperidine rings is 1. The average molecular weight is 599 g/mol. The van der Waals surface area contributed by atoms with Crippen LogP contribution in [0.15, 0.2) is 36.5 Å². The number of halogens is 4. The van der Waals surface area contributed by atoms with E-state index in [9.17, 15) is 22.8 Å². The van der Waals surface area contributed by atoms with Crippen LogP contribution in [0.2, 0.25) is 5.02 Å². The SMILES string of the molecule is COCCOc1cc(Cl)ccc1OC(C)(C)C(=O)N[C@H]1C[C@H]2CC[C@@H](C1)N2c1ccc(C(=O)NCC(F)(F)F)cn1. The van der Waals surface area contributed by atoms with Crippen molar-refractivity contribution in [2.24, 2.45) is 0 Å². The molecule has 4 rings (SSSR count). The highest BCUT2D eigenvalue weighted by Crippen LogP contribution is 2.39. The Morgan fingerprint density at radius 2 is 1.78 bits per heavy atom. The number of anilines is 1. The second-order valence-corrected chi connectivity index (χ2v) is 11.1. The Kier molecular flexibility index (Phi) is 9.53. The number of fused-ring (bicyclic) bond motifs is 2. The average Bonchev–Trinajstić information content (AvgIpc) is 3.18. The lowest BCUT2D eigenvalue weighted by molar-refractivity contribution is -0.135. The van der Waals surface area contributed by atoms with Crippen molar-refractivity contribution in [3.05, 3.63) is 47.1 Å². The normalized spacial score (nSPS) is 20.5. The van der Waals surface area contributed by atoms with Gasteiger partial charge in [-0.3, -0.25) is 9.59 Å². The molecule has 2 amide bonds. The maximum Gasteiger partial charge on any atom is 0.405 e. The third-order valence-corrected chi connectivity index (χ3v) is 7.39. The summed E-state index contributed by atoms with van der Waals surface area (Å²) in [6.07, 6.45) is 0.0257. The maximum atomic E-state index is 13.3. The van der Waals surface area contributed by atoms with Crippen LogP contribution < -0.4 is 25.0 Å². The number of hydrogen-bond acceptors (Lipinski definition) is 7. The molecule has 224 valence electrons. The van der Waals surface area contributed by atoms with Gasteiger partial charge in [-0.25, -0.2) is 4.98 Å². The number of benzene rings is 1. The Morgan fingerprint density at radius 1 is 1.07 bits per heavy atom. The highest BCUT2D eigenvalue weighted by Gasteiger charge is 2.43. The molecule has 9 nitrogen and oxygen atoms in total. The maximum absolute atomic E-state index is 13.3. The van der Waals surface area contributed by atoms with E-state index in [1.165, 1.54) is 12.3 Å². The van der Waals surface area contributed by atoms with Gasteiger partial charge in [-0.2, -0.15) is 13.2 Å². The Labute approximate surface area is 241 Å². The Hall–Kier alpha value is -3.25. The monoisotopic (exact) mass is 598 g/mol. The van der Waals surface area contributed by atoms with E-state index in [0.717, 1.165) is 12.8 Å². The summed E-state index contributed by atoms with van der Waals surface area (Å²) >= 11 is 6.12. The van der Waals surface area contributed by atoms with Crippen LogP contribution in [0, 0.1) is 0 Å². The zero-order valence-electron chi connectivity index (χ0n) is 23.1. The Balaban J connectivity index is 1.35. The number of ether oxygens (including phenoxy) is 3. The molecular weight excluding hydrogens is 565 g/mol. The summed E-state index contributed by atoms with van der Waals surface area (Å²) in [6, 6.07) is 8.26. The van der Waals surface area contributed by atoms with E-state index >= 15 is 0 Å². The third-order valence-electron chi connectivity index (χ3n) is 7.16. The lowest BCUT2D eigenvalue weighted by atomic mass is 9.96. The highest BCUT2D eigenvalue weighted by atomic mass is 35.5. The van der Waals surface area contributed by atoms with Gasteiger partial charge in [0, 0.05) is 42.5 Å². The smallest absolute Gasteiger partial charge is 0.405 e. The fourth-order valence-electron chi connectivity index (χ4n) is 5.22. The molecule has 2 fully saturated rings. The quantitative estimate of drug-likeness (QED) is 0.367. The van der Waals surface area contributed by atoms with Crippen molar-refractivity contribution < 1.29 is 37.0 Å². The summed E-state index contributed by atoms with van der Waals surface area (Å²) in [7, 11) is 1.57. The van der Waals surface area contributed by atoms with Gasteiger partial charge >= 0.3 is 6.18 Å². The lowest BCUT2D eigenvalue weighted by Crippen LogP contribution is -2.55. The molecule has 2 aliphatic rings. The van der Waals surface area contributed by atoms with Gasteiger partial charge in [0.2, 0.25) is 0 Å². The van der Waals surface area contributed by atoms with Crippen LogP contribution >= 0.6 is 11.6 Å². The van der Waals surface area contributed by atoms with Crippen LogP contribution in [0.3, 0.4) is 0 Å². The van der Waals surface area contributed by atoms with Gasteiger partial charge in [0.1, 0.15) is 19.0 Å². The molecule has 41 heavy (non-hydrogen) atoms. The number of nitrogens with zero attached hydrogens (tertiary/aromatic N) is 2. The summed E-state index contributed by atoms with van der Waals surface area (Å²) in [6.45, 7) is 2.66. The molecule has 1 aromatic carbocycles. The van der Waals surface area contributed by atoms with E-state index in [4.69, 9.17) is 25.8 Å². The van der Waals surface area contributed by atoms with E-state index in [1.807, 2.05) is 5.32 Å². The molecule has 3 heterocycles. The number of nitrogens with one attached hydrogen (secondary N) is 2. The molecule has 2 aromatic rings. The van der Waals surface area contributed by atoms with Crippen LogP contribution in [-0.2, 0) is 9.53 Å². The van der Waals surface area contributed by atoms with Crippen molar-refractivity contribution in [2.75, 3.05) is 31.8 Å². The highest BCUT2D eigenvalue weighted by molar-refractivity contribution is 6.30. The standard InChI is InChI=1S/C28H34ClF3N4O5/c1-27(2,41-22-8-5-18(29)12-23(22)40-11-10-39-3)26(38)35-19-13-20-6-7-21(14-19)36(20)24-9-4-17(15-33-24)25(37)34-16-28(30,31)32/h4-5,8-9,12,15,19-21H,6-7,10-11,13-14,16H2,1-3H3,(H,34,37)(H,35,38)/t19-,20+,21-. The Morgan fingerprint density at radius 3 is 2.39 bits per heavy atom. The summed E-state index contributed by atoms with van der Waals surface area (Å²) < 4.78 is 54.1. The van der Waals surface area contributed by atoms with Crippen molar-refractivity contribution >= 4 is 29.2 Å². The fraction of sp³-hybridized carbons (Fsp3) is 0.536. The van der Waals surface area contributed by atoms with E-state index in [2.05, 4.69) is 15.2 Å². The first-order chi connectivity index (χ1) is 19.4. The first-order valence-electron chi connectivity index (χ1n) is 13.4. The summed E-state index contributed by atoms with van der Waals surface area (Å²) in [5, 5.41) is 5.47. The summed E-state index contributed by atoms with van der Waals surface area (Å²) in [5.41, 5.74) is -1.14. The molecule has 1 aromatic heterocycles. The van der Waals surface area contributed by atoms with Crippen LogP contribution in [-0.4, -0.2) is 73.6 Å². The summed E-state index contributed by atoms with van der Waals surface area (Å²) in [5.74, 6) is 0.366. The minimum atomic E-state index is -4.49. The Bertz CT molecular complexity index is 1210. The number of pyridine rings is 1. The number of methoxy groups -OCH3 is 1. The summed E-state index contributed by atoms with van der Waals surface area (Å²) in [4.78, 5) is 31.9. The molecule has 0 radical (unpaired) electrons. The molecule has 0 saturated carbocycles. The lowest BCUT2D eigenvalue weighted by Gasteiger charge is -2.40. The third kappa shape index (κ3) is 7.94. The van der Waals surface area contributed by atoms with Crippen LogP contribution in [0.5, 0.6) is 11.5 Å². The fourth-order valence-corrected chi connectivity index (χ4v) is 5.38. The number of rotatable bonds is 11. The zero-order chi connectivity index (χ0) is 29.8. The predicted molar refractivity (Wildman–Crippen MR) is 147 cm³/mol. The second-order valence-electron chi connectivity index (χ2n) is 10.7. The molecule has 2 bridgehead atoms. The predicted octanol–water partition coefficient (Wildman–Crippen LogP) is 4.53. The van der Waals surface area contributed by atoms with Crippen molar-refractivity contribution in [2.45, 2.75) is 69.4 Å². The minimum absolute atomic E-state index is 0.0580. The second kappa shape index (κ2) is 12.7. The molecule has 0 spiro atoms. The molecule has 2 N–H and O–H groups in total. The van der Waals surface area contributed by atoms with Gasteiger partial charge in [-0.15, -0.1) is 0 Å². The van der Waals surface area contributed by atoms with Gasteiger partial charge < -0.3 is 29.7 Å². The first-order valence-corrected chi connectivity index (χ1v) is 13.7. The number of carbonyl (C=O) groups is 2. The number of alkyl halides is 3. The molecule has 0 aliphatic carbocycles. The first kappa shape index (κ1) is 30.7. The topological polar surface area (TPSA) is 102 Å². The minimum Gasteiger partial charge on any atom is -0.487 e. The molecule has 2 aliphatic heterocycles. The van der Waals surface area contributed by atoms with Crippen LogP contribution in [0.1, 0.15) is 49.9 Å². The number of carbonyl (C=O) groups excluding carboxylic acids is 2. The van der Waals surface area contributed by atoms with Crippen molar-refractivity contribution in [1.29, 1.82) is 0 Å². The molecule has 2 saturated heterocycles. The molecule has 13 heteroatoms. The van der Waals surface area contributed by atoms with Crippen LogP contribution in [0.25, 0.3) is 0 Å². The van der Waals surface area contributed by atoms with Crippen molar-refractivity contribution in [1.82, 2.24) is 15.6 Å². The van der Waals surface area contributed by atoms with Crippen molar-refractivity contribution in [3.63, 3.8) is 0 Å². The van der Waals surface area contributed by atoms with Gasteiger partial charge in [0.25, 0.3) is 11.8 Å². The van der Waals surface area contributed by atoms with E-state index in [0.29, 0.717) is 48.4 Å². The van der Waals surface area contributed by atoms with Crippen molar-refractivity contribution in [3.8, 4) is 11.5 Å². The number of amides is 2.